The zero-order valence-electron chi connectivity index (χ0n) is 12.3. The number of rotatable bonds is 4. The van der Waals surface area contributed by atoms with Crippen LogP contribution in [0.4, 0.5) is 0 Å². The second-order valence-electron chi connectivity index (χ2n) is 6.54. The maximum Gasteiger partial charge on any atom is 0.115 e. The van der Waals surface area contributed by atoms with E-state index in [2.05, 4.69) is 12.2 Å². The van der Waals surface area contributed by atoms with Gasteiger partial charge in [-0.05, 0) is 50.3 Å². The van der Waals surface area contributed by atoms with E-state index >= 15 is 0 Å². The van der Waals surface area contributed by atoms with Crippen LogP contribution in [-0.2, 0) is 11.2 Å². The van der Waals surface area contributed by atoms with Crippen molar-refractivity contribution in [3.8, 4) is 5.75 Å². The highest BCUT2D eigenvalue weighted by atomic mass is 16.5. The maximum absolute atomic E-state index is 9.31. The van der Waals surface area contributed by atoms with Gasteiger partial charge in [0.15, 0.2) is 0 Å². The molecule has 1 saturated carbocycles. The molecule has 0 bridgehead atoms. The third-order valence-corrected chi connectivity index (χ3v) is 4.72. The Labute approximate surface area is 121 Å². The molecule has 2 aliphatic rings. The molecule has 1 spiro atoms. The van der Waals surface area contributed by atoms with E-state index in [-0.39, 0.29) is 5.60 Å². The zero-order valence-corrected chi connectivity index (χ0v) is 12.3. The number of benzene rings is 1. The van der Waals surface area contributed by atoms with Crippen LogP contribution < -0.4 is 5.32 Å². The Morgan fingerprint density at radius 2 is 2.00 bits per heavy atom. The van der Waals surface area contributed by atoms with Gasteiger partial charge in [-0.2, -0.15) is 0 Å². The van der Waals surface area contributed by atoms with Gasteiger partial charge in [0.05, 0.1) is 12.2 Å². The molecule has 1 aromatic carbocycles. The number of phenols is 1. The van der Waals surface area contributed by atoms with E-state index in [0.717, 1.165) is 13.0 Å². The molecule has 0 radical (unpaired) electrons. The van der Waals surface area contributed by atoms with Gasteiger partial charge in [0.1, 0.15) is 5.75 Å². The average molecular weight is 275 g/mol. The van der Waals surface area contributed by atoms with Crippen molar-refractivity contribution in [1.29, 1.82) is 0 Å². The molecule has 3 nitrogen and oxygen atoms in total. The molecule has 1 aliphatic carbocycles. The summed E-state index contributed by atoms with van der Waals surface area (Å²) in [6.07, 6.45) is 7.32. The van der Waals surface area contributed by atoms with Crippen LogP contribution in [0, 0.1) is 0 Å². The number of aromatic hydroxyl groups is 1. The molecule has 3 rings (SSSR count). The highest BCUT2D eigenvalue weighted by Gasteiger charge is 2.42. The molecule has 0 amide bonds. The van der Waals surface area contributed by atoms with Gasteiger partial charge in [-0.15, -0.1) is 0 Å². The molecule has 2 atom stereocenters. The number of phenolic OH excluding ortho intramolecular Hbond substituents is 1. The summed E-state index contributed by atoms with van der Waals surface area (Å²) in [6, 6.07) is 8.45. The molecular weight excluding hydrogens is 250 g/mol. The normalized spacial score (nSPS) is 26.1. The Morgan fingerprint density at radius 3 is 2.70 bits per heavy atom. The number of nitrogens with one attached hydrogen (secondary N) is 1. The Kier molecular flexibility index (Phi) is 3.99. The Hall–Kier alpha value is -1.06. The number of hydrogen-bond acceptors (Lipinski definition) is 3. The van der Waals surface area contributed by atoms with Crippen LogP contribution in [-0.4, -0.2) is 29.4 Å². The zero-order chi connectivity index (χ0) is 14.0. The van der Waals surface area contributed by atoms with E-state index in [1.165, 1.54) is 37.7 Å². The minimum absolute atomic E-state index is 0.204. The predicted molar refractivity (Wildman–Crippen MR) is 80.0 cm³/mol. The van der Waals surface area contributed by atoms with E-state index in [1.54, 1.807) is 12.1 Å². The third-order valence-electron chi connectivity index (χ3n) is 4.72. The second-order valence-corrected chi connectivity index (χ2v) is 6.54. The first-order valence-electron chi connectivity index (χ1n) is 7.83. The van der Waals surface area contributed by atoms with Crippen molar-refractivity contribution < 1.29 is 9.84 Å². The summed E-state index contributed by atoms with van der Waals surface area (Å²) in [4.78, 5) is 0. The first-order chi connectivity index (χ1) is 9.65. The van der Waals surface area contributed by atoms with Crippen molar-refractivity contribution in [1.82, 2.24) is 5.32 Å². The summed E-state index contributed by atoms with van der Waals surface area (Å²) in [5.41, 5.74) is 1.47. The van der Waals surface area contributed by atoms with Crippen molar-refractivity contribution in [3.05, 3.63) is 29.8 Å². The van der Waals surface area contributed by atoms with Crippen LogP contribution in [0.3, 0.4) is 0 Å². The molecule has 20 heavy (non-hydrogen) atoms. The van der Waals surface area contributed by atoms with Crippen LogP contribution in [0.2, 0.25) is 0 Å². The molecule has 1 heterocycles. The Balaban J connectivity index is 1.49. The van der Waals surface area contributed by atoms with Crippen LogP contribution in [0.1, 0.15) is 44.6 Å². The fourth-order valence-electron chi connectivity index (χ4n) is 3.77. The van der Waals surface area contributed by atoms with Crippen LogP contribution in [0.5, 0.6) is 5.75 Å². The topological polar surface area (TPSA) is 41.5 Å². The van der Waals surface area contributed by atoms with Gasteiger partial charge >= 0.3 is 0 Å². The van der Waals surface area contributed by atoms with Crippen molar-refractivity contribution in [2.75, 3.05) is 6.61 Å². The molecule has 2 fully saturated rings. The lowest BCUT2D eigenvalue weighted by Crippen LogP contribution is -2.39. The fraction of sp³-hybridized carbons (Fsp3) is 0.647. The van der Waals surface area contributed by atoms with Gasteiger partial charge in [0, 0.05) is 12.1 Å². The van der Waals surface area contributed by atoms with E-state index in [0.29, 0.717) is 17.8 Å². The maximum atomic E-state index is 9.31. The monoisotopic (exact) mass is 275 g/mol. The van der Waals surface area contributed by atoms with Gasteiger partial charge in [-0.25, -0.2) is 0 Å². The van der Waals surface area contributed by atoms with E-state index in [4.69, 9.17) is 4.74 Å². The first-order valence-corrected chi connectivity index (χ1v) is 7.83. The smallest absolute Gasteiger partial charge is 0.115 e. The highest BCUT2D eigenvalue weighted by Crippen LogP contribution is 2.40. The molecule has 2 unspecified atom stereocenters. The lowest BCUT2D eigenvalue weighted by molar-refractivity contribution is 0.00982. The van der Waals surface area contributed by atoms with Crippen molar-refractivity contribution in [3.63, 3.8) is 0 Å². The first kappa shape index (κ1) is 13.9. The van der Waals surface area contributed by atoms with Crippen molar-refractivity contribution >= 4 is 0 Å². The minimum atomic E-state index is 0.204. The minimum Gasteiger partial charge on any atom is -0.508 e. The van der Waals surface area contributed by atoms with E-state index in [1.807, 2.05) is 12.1 Å². The molecule has 1 aliphatic heterocycles. The molecule has 110 valence electrons. The average Bonchev–Trinajstić information content (AvgIpc) is 3.03. The molecular formula is C17H25NO2. The van der Waals surface area contributed by atoms with Crippen molar-refractivity contribution in [2.24, 2.45) is 0 Å². The van der Waals surface area contributed by atoms with Gasteiger partial charge in [-0.3, -0.25) is 0 Å². The Morgan fingerprint density at radius 1 is 1.30 bits per heavy atom. The summed E-state index contributed by atoms with van der Waals surface area (Å²) in [5.74, 6) is 0.335. The SMILES string of the molecule is CC(Cc1ccc(O)cc1)NC1COC2(CCCC2)C1. The number of hydrogen-bond donors (Lipinski definition) is 2. The van der Waals surface area contributed by atoms with Crippen LogP contribution in [0.25, 0.3) is 0 Å². The standard InChI is InChI=1S/C17H25NO2/c1-13(10-14-4-6-16(19)7-5-14)18-15-11-17(20-12-15)8-2-3-9-17/h4-7,13,15,18-19H,2-3,8-12H2,1H3. The largest absolute Gasteiger partial charge is 0.508 e. The Bertz CT molecular complexity index is 437. The van der Waals surface area contributed by atoms with Gasteiger partial charge < -0.3 is 15.2 Å². The lowest BCUT2D eigenvalue weighted by Gasteiger charge is -2.22. The van der Waals surface area contributed by atoms with Crippen LogP contribution in [0.15, 0.2) is 24.3 Å². The van der Waals surface area contributed by atoms with E-state index < -0.39 is 0 Å². The molecule has 0 aromatic heterocycles. The second kappa shape index (κ2) is 5.74. The third kappa shape index (κ3) is 3.15. The summed E-state index contributed by atoms with van der Waals surface area (Å²) in [7, 11) is 0. The van der Waals surface area contributed by atoms with Gasteiger partial charge in [-0.1, -0.05) is 25.0 Å². The van der Waals surface area contributed by atoms with Gasteiger partial charge in [0.2, 0.25) is 0 Å². The molecule has 1 aromatic rings. The van der Waals surface area contributed by atoms with Gasteiger partial charge in [0.25, 0.3) is 0 Å². The highest BCUT2D eigenvalue weighted by molar-refractivity contribution is 5.26. The van der Waals surface area contributed by atoms with E-state index in [9.17, 15) is 5.11 Å². The lowest BCUT2D eigenvalue weighted by atomic mass is 9.96. The van der Waals surface area contributed by atoms with Crippen LogP contribution >= 0.6 is 0 Å². The summed E-state index contributed by atoms with van der Waals surface area (Å²) in [5, 5.41) is 13.0. The number of ether oxygens (including phenoxy) is 1. The molecule has 3 heteroatoms. The summed E-state index contributed by atoms with van der Waals surface area (Å²) in [6.45, 7) is 3.09. The molecule has 2 N–H and O–H groups in total. The molecule has 1 saturated heterocycles. The predicted octanol–water partition coefficient (Wildman–Crippen LogP) is 3.01. The fourth-order valence-corrected chi connectivity index (χ4v) is 3.77. The van der Waals surface area contributed by atoms with Crippen molar-refractivity contribution in [2.45, 2.75) is 63.1 Å². The summed E-state index contributed by atoms with van der Waals surface area (Å²) < 4.78 is 6.09. The quantitative estimate of drug-likeness (QED) is 0.887. The summed E-state index contributed by atoms with van der Waals surface area (Å²) >= 11 is 0.